The summed E-state index contributed by atoms with van der Waals surface area (Å²) in [5.41, 5.74) is 0.319. The summed E-state index contributed by atoms with van der Waals surface area (Å²) in [6.07, 6.45) is 8.35. The summed E-state index contributed by atoms with van der Waals surface area (Å²) in [5.74, 6) is 0. The van der Waals surface area contributed by atoms with Crippen LogP contribution in [0.15, 0.2) is 24.3 Å². The fourth-order valence-corrected chi connectivity index (χ4v) is 0.455. The molecule has 0 aliphatic rings. The third-order valence-corrected chi connectivity index (χ3v) is 0.900. The molecule has 0 bridgehead atoms. The van der Waals surface area contributed by atoms with Crippen LogP contribution in [-0.2, 0) is 0 Å². The molecule has 0 aliphatic heterocycles. The van der Waals surface area contributed by atoms with Gasteiger partial charge in [-0.3, -0.25) is 0 Å². The van der Waals surface area contributed by atoms with Gasteiger partial charge in [0.15, 0.2) is 0 Å². The SMILES string of the molecule is CC=CC=CC(C)(C)C. The second-order valence-corrected chi connectivity index (χ2v) is 3.25. The second-order valence-electron chi connectivity index (χ2n) is 3.25. The van der Waals surface area contributed by atoms with Crippen LogP contribution in [0.25, 0.3) is 0 Å². The molecule has 0 aliphatic carbocycles. The maximum absolute atomic E-state index is 2.19. The molecule has 0 atom stereocenters. The molecule has 0 N–H and O–H groups in total. The quantitative estimate of drug-likeness (QED) is 0.471. The topological polar surface area (TPSA) is 0 Å². The fraction of sp³-hybridized carbons (Fsp3) is 0.556. The van der Waals surface area contributed by atoms with Crippen LogP contribution in [-0.4, -0.2) is 0 Å². The monoisotopic (exact) mass is 124 g/mol. The molecule has 0 fully saturated rings. The van der Waals surface area contributed by atoms with E-state index < -0.39 is 0 Å². The third-order valence-electron chi connectivity index (χ3n) is 0.900. The van der Waals surface area contributed by atoms with Crippen molar-refractivity contribution >= 4 is 0 Å². The summed E-state index contributed by atoms with van der Waals surface area (Å²) in [5, 5.41) is 0. The van der Waals surface area contributed by atoms with Gasteiger partial charge < -0.3 is 0 Å². The van der Waals surface area contributed by atoms with Crippen molar-refractivity contribution < 1.29 is 0 Å². The zero-order valence-corrected chi connectivity index (χ0v) is 6.81. The van der Waals surface area contributed by atoms with Crippen LogP contribution in [0, 0.1) is 5.41 Å². The maximum Gasteiger partial charge on any atom is -0.0200 e. The molecule has 0 amide bonds. The van der Waals surface area contributed by atoms with Crippen LogP contribution in [0.5, 0.6) is 0 Å². The molecule has 0 spiro atoms. The van der Waals surface area contributed by atoms with Crippen LogP contribution in [0.4, 0.5) is 0 Å². The van der Waals surface area contributed by atoms with Crippen LogP contribution < -0.4 is 0 Å². The van der Waals surface area contributed by atoms with Crippen molar-refractivity contribution in [2.75, 3.05) is 0 Å². The van der Waals surface area contributed by atoms with E-state index in [9.17, 15) is 0 Å². The zero-order valence-electron chi connectivity index (χ0n) is 6.81. The van der Waals surface area contributed by atoms with Crippen molar-refractivity contribution in [2.24, 2.45) is 5.41 Å². The number of hydrogen-bond donors (Lipinski definition) is 0. The van der Waals surface area contributed by atoms with E-state index in [1.165, 1.54) is 0 Å². The fourth-order valence-electron chi connectivity index (χ4n) is 0.455. The highest BCUT2D eigenvalue weighted by Gasteiger charge is 2.01. The Labute approximate surface area is 58.3 Å². The van der Waals surface area contributed by atoms with Gasteiger partial charge in [-0.15, -0.1) is 0 Å². The molecule has 0 heterocycles. The van der Waals surface area contributed by atoms with E-state index in [-0.39, 0.29) is 0 Å². The molecular formula is C9H16. The summed E-state index contributed by atoms with van der Waals surface area (Å²) >= 11 is 0. The number of rotatable bonds is 1. The van der Waals surface area contributed by atoms with Crippen molar-refractivity contribution in [2.45, 2.75) is 27.7 Å². The summed E-state index contributed by atoms with van der Waals surface area (Å²) in [6.45, 7) is 8.58. The summed E-state index contributed by atoms with van der Waals surface area (Å²) in [4.78, 5) is 0. The minimum Gasteiger partial charge on any atom is -0.0877 e. The Balaban J connectivity index is 3.71. The van der Waals surface area contributed by atoms with Gasteiger partial charge in [0.1, 0.15) is 0 Å². The molecule has 0 aromatic carbocycles. The standard InChI is InChI=1S/C9H16/c1-5-6-7-8-9(2,3)4/h5-8H,1-4H3. The molecule has 0 unspecified atom stereocenters. The van der Waals surface area contributed by atoms with Gasteiger partial charge in [0.25, 0.3) is 0 Å². The average Bonchev–Trinajstić information content (AvgIpc) is 1.63. The van der Waals surface area contributed by atoms with E-state index in [4.69, 9.17) is 0 Å². The van der Waals surface area contributed by atoms with Crippen LogP contribution in [0.3, 0.4) is 0 Å². The Morgan fingerprint density at radius 3 is 1.89 bits per heavy atom. The van der Waals surface area contributed by atoms with Crippen LogP contribution in [0.1, 0.15) is 27.7 Å². The number of allylic oxidation sites excluding steroid dienone is 4. The lowest BCUT2D eigenvalue weighted by molar-refractivity contribution is 0.544. The molecule has 0 aromatic heterocycles. The zero-order chi connectivity index (χ0) is 7.33. The van der Waals surface area contributed by atoms with Gasteiger partial charge in [-0.2, -0.15) is 0 Å². The van der Waals surface area contributed by atoms with Gasteiger partial charge in [-0.05, 0) is 12.3 Å². The Morgan fingerprint density at radius 2 is 1.56 bits per heavy atom. The Kier molecular flexibility index (Phi) is 3.29. The Bertz CT molecular complexity index is 110. The first-order valence-electron chi connectivity index (χ1n) is 3.37. The predicted octanol–water partition coefficient (Wildman–Crippen LogP) is 3.16. The van der Waals surface area contributed by atoms with Crippen molar-refractivity contribution in [1.29, 1.82) is 0 Å². The van der Waals surface area contributed by atoms with Gasteiger partial charge in [-0.1, -0.05) is 45.1 Å². The average molecular weight is 124 g/mol. The van der Waals surface area contributed by atoms with Gasteiger partial charge in [-0.25, -0.2) is 0 Å². The molecule has 52 valence electrons. The van der Waals surface area contributed by atoms with Crippen molar-refractivity contribution in [3.05, 3.63) is 24.3 Å². The second kappa shape index (κ2) is 3.49. The summed E-state index contributed by atoms with van der Waals surface area (Å²) < 4.78 is 0. The van der Waals surface area contributed by atoms with Gasteiger partial charge >= 0.3 is 0 Å². The van der Waals surface area contributed by atoms with E-state index in [2.05, 4.69) is 32.9 Å². The molecule has 0 saturated heterocycles. The third kappa shape index (κ3) is 7.48. The van der Waals surface area contributed by atoms with E-state index in [1.807, 2.05) is 19.1 Å². The first-order valence-corrected chi connectivity index (χ1v) is 3.37. The molecular weight excluding hydrogens is 108 g/mol. The van der Waals surface area contributed by atoms with E-state index in [0.29, 0.717) is 5.41 Å². The van der Waals surface area contributed by atoms with E-state index in [1.54, 1.807) is 0 Å². The number of hydrogen-bond acceptors (Lipinski definition) is 0. The molecule has 0 radical (unpaired) electrons. The lowest BCUT2D eigenvalue weighted by Gasteiger charge is -2.09. The molecule has 0 nitrogen and oxygen atoms in total. The largest absolute Gasteiger partial charge is 0.0877 e. The van der Waals surface area contributed by atoms with Crippen LogP contribution in [0.2, 0.25) is 0 Å². The van der Waals surface area contributed by atoms with E-state index in [0.717, 1.165) is 0 Å². The van der Waals surface area contributed by atoms with Gasteiger partial charge in [0.2, 0.25) is 0 Å². The highest BCUT2D eigenvalue weighted by atomic mass is 14.1. The van der Waals surface area contributed by atoms with Crippen molar-refractivity contribution in [1.82, 2.24) is 0 Å². The van der Waals surface area contributed by atoms with E-state index >= 15 is 0 Å². The van der Waals surface area contributed by atoms with Gasteiger partial charge in [0.05, 0.1) is 0 Å². The maximum atomic E-state index is 2.19. The minimum atomic E-state index is 0.319. The first-order chi connectivity index (χ1) is 4.06. The molecule has 0 rings (SSSR count). The molecule has 0 aromatic rings. The summed E-state index contributed by atoms with van der Waals surface area (Å²) in [6, 6.07) is 0. The minimum absolute atomic E-state index is 0.319. The summed E-state index contributed by atoms with van der Waals surface area (Å²) in [7, 11) is 0. The van der Waals surface area contributed by atoms with Crippen molar-refractivity contribution in [3.63, 3.8) is 0 Å². The lowest BCUT2D eigenvalue weighted by Crippen LogP contribution is -1.97. The highest BCUT2D eigenvalue weighted by Crippen LogP contribution is 2.13. The molecule has 0 heteroatoms. The predicted molar refractivity (Wildman–Crippen MR) is 43.4 cm³/mol. The van der Waals surface area contributed by atoms with Gasteiger partial charge in [0, 0.05) is 0 Å². The molecule has 9 heavy (non-hydrogen) atoms. The Hall–Kier alpha value is -0.520. The molecule has 0 saturated carbocycles. The van der Waals surface area contributed by atoms with Crippen molar-refractivity contribution in [3.8, 4) is 0 Å². The highest BCUT2D eigenvalue weighted by molar-refractivity contribution is 5.04. The normalized spacial score (nSPS) is 13.8. The Morgan fingerprint density at radius 1 is 1.00 bits per heavy atom. The lowest BCUT2D eigenvalue weighted by atomic mass is 9.96. The smallest absolute Gasteiger partial charge is 0.0200 e. The first kappa shape index (κ1) is 8.48. The van der Waals surface area contributed by atoms with Crippen LogP contribution >= 0.6 is 0 Å².